The van der Waals surface area contributed by atoms with Crippen LogP contribution in [0.2, 0.25) is 0 Å². The van der Waals surface area contributed by atoms with Gasteiger partial charge in [0, 0.05) is 18.8 Å². The van der Waals surface area contributed by atoms with Crippen LogP contribution < -0.4 is 0 Å². The van der Waals surface area contributed by atoms with Gasteiger partial charge in [-0.15, -0.1) is 0 Å². The number of aliphatic hydroxyl groups excluding tert-OH is 1. The van der Waals surface area contributed by atoms with Gasteiger partial charge in [0.25, 0.3) is 0 Å². The molecule has 0 aliphatic rings. The predicted octanol–water partition coefficient (Wildman–Crippen LogP) is 8.31. The van der Waals surface area contributed by atoms with Gasteiger partial charge in [-0.1, -0.05) is 142 Å². The fourth-order valence-corrected chi connectivity index (χ4v) is 3.37. The molecule has 33 heavy (non-hydrogen) atoms. The Labute approximate surface area is 204 Å². The molecule has 196 valence electrons. The summed E-state index contributed by atoms with van der Waals surface area (Å²) in [6.45, 7) is 8.59. The van der Waals surface area contributed by atoms with Crippen molar-refractivity contribution in [3.63, 3.8) is 0 Å². The average Bonchev–Trinajstić information content (AvgIpc) is 2.81. The number of carbonyl (C=O) groups is 2. The number of aliphatic hydroxyl groups is 1. The fraction of sp³-hybridized carbons (Fsp3) is 0.786. The van der Waals surface area contributed by atoms with Crippen molar-refractivity contribution in [3.8, 4) is 0 Å². The van der Waals surface area contributed by atoms with Crippen LogP contribution in [0.15, 0.2) is 25.3 Å². The average molecular weight is 471 g/mol. The third-order valence-electron chi connectivity index (χ3n) is 5.36. The number of carboxylic acid groups (broad SMARTS) is 2. The monoisotopic (exact) mass is 470 g/mol. The first-order valence-corrected chi connectivity index (χ1v) is 13.3. The lowest BCUT2D eigenvalue weighted by Gasteiger charge is -2.03. The van der Waals surface area contributed by atoms with Crippen molar-refractivity contribution in [2.45, 2.75) is 135 Å². The molecule has 0 unspecified atom stereocenters. The standard InChI is InChI=1S/C22H46O.2C3H4O2/c1-2-3-4-5-6-7-8-9-10-11-12-13-14-15-16-17-18-19-20-21-22-23;2*1-2-3(4)5/h23H,2-22H2,1H3;2*2H,1H2,(H,4,5). The summed E-state index contributed by atoms with van der Waals surface area (Å²) in [5.74, 6) is -1.96. The van der Waals surface area contributed by atoms with Crippen LogP contribution in [0, 0.1) is 0 Å². The third-order valence-corrected chi connectivity index (χ3v) is 5.36. The summed E-state index contributed by atoms with van der Waals surface area (Å²) in [6.07, 6.45) is 29.8. The van der Waals surface area contributed by atoms with Crippen LogP contribution >= 0.6 is 0 Å². The Morgan fingerprint density at radius 1 is 0.515 bits per heavy atom. The second kappa shape index (κ2) is 35.0. The number of aliphatic carboxylic acids is 2. The van der Waals surface area contributed by atoms with Crippen molar-refractivity contribution in [3.05, 3.63) is 25.3 Å². The first-order valence-electron chi connectivity index (χ1n) is 13.3. The summed E-state index contributed by atoms with van der Waals surface area (Å²) in [6, 6.07) is 0. The summed E-state index contributed by atoms with van der Waals surface area (Å²) in [4.78, 5) is 18.5. The van der Waals surface area contributed by atoms with Gasteiger partial charge < -0.3 is 15.3 Å². The molecule has 5 nitrogen and oxygen atoms in total. The van der Waals surface area contributed by atoms with Crippen molar-refractivity contribution >= 4 is 11.9 Å². The summed E-state index contributed by atoms with van der Waals surface area (Å²) >= 11 is 0. The van der Waals surface area contributed by atoms with Gasteiger partial charge >= 0.3 is 11.9 Å². The minimum Gasteiger partial charge on any atom is -0.478 e. The van der Waals surface area contributed by atoms with Crippen LogP contribution in [-0.2, 0) is 9.59 Å². The van der Waals surface area contributed by atoms with E-state index in [4.69, 9.17) is 15.3 Å². The Morgan fingerprint density at radius 3 is 0.848 bits per heavy atom. The summed E-state index contributed by atoms with van der Waals surface area (Å²) in [7, 11) is 0. The van der Waals surface area contributed by atoms with Crippen molar-refractivity contribution in [2.24, 2.45) is 0 Å². The highest BCUT2D eigenvalue weighted by molar-refractivity contribution is 5.79. The molecule has 0 aliphatic heterocycles. The molecule has 3 N–H and O–H groups in total. The molecule has 0 aromatic rings. The smallest absolute Gasteiger partial charge is 0.327 e. The maximum Gasteiger partial charge on any atom is 0.327 e. The molecule has 0 spiro atoms. The van der Waals surface area contributed by atoms with Crippen LogP contribution in [0.25, 0.3) is 0 Å². The third kappa shape index (κ3) is 48.9. The number of rotatable bonds is 22. The van der Waals surface area contributed by atoms with Crippen molar-refractivity contribution in [1.82, 2.24) is 0 Å². The second-order valence-electron chi connectivity index (χ2n) is 8.53. The maximum atomic E-state index is 9.25. The zero-order valence-electron chi connectivity index (χ0n) is 21.6. The molecule has 0 bridgehead atoms. The first kappa shape index (κ1) is 36.0. The van der Waals surface area contributed by atoms with Crippen LogP contribution in [0.5, 0.6) is 0 Å². The summed E-state index contributed by atoms with van der Waals surface area (Å²) in [5, 5.41) is 23.9. The highest BCUT2D eigenvalue weighted by Gasteiger charge is 1.95. The summed E-state index contributed by atoms with van der Waals surface area (Å²) in [5.41, 5.74) is 0. The first-order chi connectivity index (χ1) is 16.0. The molecule has 0 rings (SSSR count). The van der Waals surface area contributed by atoms with Gasteiger partial charge in [-0.2, -0.15) is 0 Å². The lowest BCUT2D eigenvalue weighted by atomic mass is 10.0. The predicted molar refractivity (Wildman–Crippen MR) is 141 cm³/mol. The number of hydrogen-bond acceptors (Lipinski definition) is 3. The largest absolute Gasteiger partial charge is 0.478 e. The molecule has 0 radical (unpaired) electrons. The Kier molecular flexibility index (Phi) is 38.1. The van der Waals surface area contributed by atoms with E-state index in [9.17, 15) is 9.59 Å². The molecule has 0 atom stereocenters. The van der Waals surface area contributed by atoms with E-state index in [0.29, 0.717) is 6.61 Å². The van der Waals surface area contributed by atoms with E-state index in [2.05, 4.69) is 20.1 Å². The lowest BCUT2D eigenvalue weighted by Crippen LogP contribution is -1.85. The normalized spacial score (nSPS) is 9.76. The maximum absolute atomic E-state index is 9.25. The number of hydrogen-bond donors (Lipinski definition) is 3. The molecule has 0 aliphatic carbocycles. The molecular formula is C28H54O5. The molecule has 5 heteroatoms. The van der Waals surface area contributed by atoms with Gasteiger partial charge in [-0.3, -0.25) is 0 Å². The van der Waals surface area contributed by atoms with Gasteiger partial charge in [0.05, 0.1) is 0 Å². The highest BCUT2D eigenvalue weighted by atomic mass is 16.4. The number of unbranched alkanes of at least 4 members (excludes halogenated alkanes) is 19. The minimum absolute atomic E-state index is 0.374. The molecule has 0 amide bonds. The van der Waals surface area contributed by atoms with Crippen LogP contribution in [-0.4, -0.2) is 33.9 Å². The summed E-state index contributed by atoms with van der Waals surface area (Å²) < 4.78 is 0. The fourth-order valence-electron chi connectivity index (χ4n) is 3.37. The van der Waals surface area contributed by atoms with Crippen LogP contribution in [0.4, 0.5) is 0 Å². The quantitative estimate of drug-likeness (QED) is 0.109. The Hall–Kier alpha value is -1.62. The molecule has 0 fully saturated rings. The van der Waals surface area contributed by atoms with E-state index < -0.39 is 11.9 Å². The topological polar surface area (TPSA) is 94.8 Å². The zero-order valence-corrected chi connectivity index (χ0v) is 21.6. The van der Waals surface area contributed by atoms with Crippen molar-refractivity contribution in [2.75, 3.05) is 6.61 Å². The SMILES string of the molecule is C=CC(=O)O.C=CC(=O)O.CCCCCCCCCCCCCCCCCCCCCCO. The molecular weight excluding hydrogens is 416 g/mol. The molecule has 0 saturated heterocycles. The Balaban J connectivity index is -0.000000746. The minimum atomic E-state index is -0.981. The van der Waals surface area contributed by atoms with E-state index in [0.717, 1.165) is 18.6 Å². The van der Waals surface area contributed by atoms with Gasteiger partial charge in [-0.25, -0.2) is 9.59 Å². The van der Waals surface area contributed by atoms with E-state index in [1.165, 1.54) is 122 Å². The van der Waals surface area contributed by atoms with Crippen molar-refractivity contribution in [1.29, 1.82) is 0 Å². The molecule has 0 saturated carbocycles. The van der Waals surface area contributed by atoms with Crippen LogP contribution in [0.3, 0.4) is 0 Å². The van der Waals surface area contributed by atoms with E-state index in [-0.39, 0.29) is 0 Å². The van der Waals surface area contributed by atoms with Gasteiger partial charge in [0.15, 0.2) is 0 Å². The lowest BCUT2D eigenvalue weighted by molar-refractivity contribution is -0.132. The Bertz CT molecular complexity index is 383. The number of carboxylic acids is 2. The van der Waals surface area contributed by atoms with E-state index >= 15 is 0 Å². The van der Waals surface area contributed by atoms with Gasteiger partial charge in [0.1, 0.15) is 0 Å². The Morgan fingerprint density at radius 2 is 0.697 bits per heavy atom. The zero-order chi connectivity index (χ0) is 25.4. The van der Waals surface area contributed by atoms with Gasteiger partial charge in [0.2, 0.25) is 0 Å². The highest BCUT2D eigenvalue weighted by Crippen LogP contribution is 2.14. The second-order valence-corrected chi connectivity index (χ2v) is 8.53. The molecule has 0 aromatic carbocycles. The van der Waals surface area contributed by atoms with E-state index in [1.54, 1.807) is 0 Å². The molecule has 0 heterocycles. The molecule has 0 aromatic heterocycles. The van der Waals surface area contributed by atoms with Crippen molar-refractivity contribution < 1.29 is 24.9 Å². The van der Waals surface area contributed by atoms with Gasteiger partial charge in [-0.05, 0) is 6.42 Å². The van der Waals surface area contributed by atoms with E-state index in [1.807, 2.05) is 0 Å². The van der Waals surface area contributed by atoms with Crippen LogP contribution in [0.1, 0.15) is 135 Å².